The molecule has 4 heteroatoms. The number of anilines is 1. The van der Waals surface area contributed by atoms with Crippen molar-refractivity contribution >= 4 is 5.69 Å². The molecule has 98 valence electrons. The number of methoxy groups -OCH3 is 1. The summed E-state index contributed by atoms with van der Waals surface area (Å²) >= 11 is 0. The van der Waals surface area contributed by atoms with E-state index in [-0.39, 0.29) is 0 Å². The van der Waals surface area contributed by atoms with E-state index in [1.165, 1.54) is 0 Å². The molecule has 0 spiro atoms. The third-order valence-corrected chi connectivity index (χ3v) is 3.15. The molecular weight excluding hydrogens is 226 g/mol. The Bertz CT molecular complexity index is 396. The van der Waals surface area contributed by atoms with Crippen molar-refractivity contribution in [3.05, 3.63) is 24.0 Å². The molecule has 0 bridgehead atoms. The van der Waals surface area contributed by atoms with Crippen LogP contribution in [0.4, 0.5) is 5.69 Å². The smallest absolute Gasteiger partial charge is 0.101 e. The van der Waals surface area contributed by atoms with Crippen LogP contribution >= 0.6 is 0 Å². The molecule has 1 aromatic heterocycles. The molecule has 0 atom stereocenters. The summed E-state index contributed by atoms with van der Waals surface area (Å²) in [6.45, 7) is 5.76. The first-order valence-electron chi connectivity index (χ1n) is 6.38. The maximum Gasteiger partial charge on any atom is 0.101 e. The lowest BCUT2D eigenvalue weighted by Gasteiger charge is -2.32. The van der Waals surface area contributed by atoms with Gasteiger partial charge in [0.2, 0.25) is 0 Å². The first kappa shape index (κ1) is 14.5. The molecular formula is C14H21N3O. The minimum Gasteiger partial charge on any atom is -0.383 e. The number of nitrogens with zero attached hydrogens (tertiary/aromatic N) is 3. The lowest BCUT2D eigenvalue weighted by atomic mass is 10.1. The molecule has 0 aliphatic heterocycles. The molecule has 0 N–H and O–H groups in total. The Labute approximate surface area is 109 Å². The van der Waals surface area contributed by atoms with E-state index < -0.39 is 0 Å². The largest absolute Gasteiger partial charge is 0.383 e. The Balaban J connectivity index is 3.04. The van der Waals surface area contributed by atoms with Gasteiger partial charge in [-0.05, 0) is 18.9 Å². The fourth-order valence-electron chi connectivity index (χ4n) is 2.13. The summed E-state index contributed by atoms with van der Waals surface area (Å²) in [5.74, 6) is 0. The number of rotatable bonds is 7. The van der Waals surface area contributed by atoms with Crippen molar-refractivity contribution in [1.82, 2.24) is 4.98 Å². The fourth-order valence-corrected chi connectivity index (χ4v) is 2.13. The van der Waals surface area contributed by atoms with E-state index in [1.54, 1.807) is 25.6 Å². The van der Waals surface area contributed by atoms with Crippen molar-refractivity contribution < 1.29 is 4.74 Å². The Morgan fingerprint density at radius 2 is 2.17 bits per heavy atom. The van der Waals surface area contributed by atoms with Crippen LogP contribution in [0.25, 0.3) is 0 Å². The second-order valence-corrected chi connectivity index (χ2v) is 4.16. The van der Waals surface area contributed by atoms with Gasteiger partial charge >= 0.3 is 0 Å². The minimum absolute atomic E-state index is 0.413. The second kappa shape index (κ2) is 7.67. The fraction of sp³-hybridized carbons (Fsp3) is 0.571. The predicted molar refractivity (Wildman–Crippen MR) is 72.5 cm³/mol. The lowest BCUT2D eigenvalue weighted by Crippen LogP contribution is -2.37. The number of pyridine rings is 1. The highest BCUT2D eigenvalue weighted by molar-refractivity contribution is 5.58. The Morgan fingerprint density at radius 3 is 2.72 bits per heavy atom. The molecule has 0 fully saturated rings. The number of ether oxygens (including phenoxy) is 1. The molecule has 0 aromatic carbocycles. The highest BCUT2D eigenvalue weighted by atomic mass is 16.5. The van der Waals surface area contributed by atoms with Crippen molar-refractivity contribution in [2.75, 3.05) is 25.2 Å². The van der Waals surface area contributed by atoms with Crippen LogP contribution < -0.4 is 4.90 Å². The average molecular weight is 247 g/mol. The predicted octanol–water partition coefficient (Wildman–Crippen LogP) is 2.59. The zero-order valence-corrected chi connectivity index (χ0v) is 11.4. The third-order valence-electron chi connectivity index (χ3n) is 3.15. The van der Waals surface area contributed by atoms with Gasteiger partial charge in [0, 0.05) is 25.9 Å². The number of hydrogen-bond donors (Lipinski definition) is 0. The van der Waals surface area contributed by atoms with Crippen LogP contribution in [-0.2, 0) is 4.74 Å². The lowest BCUT2D eigenvalue weighted by molar-refractivity contribution is 0.202. The van der Waals surface area contributed by atoms with Crippen molar-refractivity contribution in [1.29, 1.82) is 5.26 Å². The van der Waals surface area contributed by atoms with Gasteiger partial charge in [-0.25, -0.2) is 0 Å². The van der Waals surface area contributed by atoms with Crippen LogP contribution in [0.3, 0.4) is 0 Å². The van der Waals surface area contributed by atoms with Gasteiger partial charge in [-0.3, -0.25) is 4.98 Å². The van der Waals surface area contributed by atoms with Crippen molar-refractivity contribution in [2.24, 2.45) is 0 Å². The molecule has 1 rings (SSSR count). The van der Waals surface area contributed by atoms with Crippen LogP contribution in [0.5, 0.6) is 0 Å². The van der Waals surface area contributed by atoms with Crippen LogP contribution in [0.15, 0.2) is 18.5 Å². The Morgan fingerprint density at radius 1 is 1.44 bits per heavy atom. The molecule has 4 nitrogen and oxygen atoms in total. The van der Waals surface area contributed by atoms with E-state index in [0.29, 0.717) is 18.2 Å². The Hall–Kier alpha value is -1.60. The summed E-state index contributed by atoms with van der Waals surface area (Å²) in [6, 6.07) is 4.41. The van der Waals surface area contributed by atoms with Gasteiger partial charge < -0.3 is 9.64 Å². The molecule has 0 unspecified atom stereocenters. The zero-order chi connectivity index (χ0) is 13.4. The highest BCUT2D eigenvalue weighted by Gasteiger charge is 2.18. The van der Waals surface area contributed by atoms with Gasteiger partial charge in [0.05, 0.1) is 24.1 Å². The standard InChI is InChI=1S/C14H21N3O/c1-4-13(5-2)17(8-9-18-3)14-11-16-7-6-12(14)10-15/h6-7,11,13H,4-5,8-9H2,1-3H3. The van der Waals surface area contributed by atoms with E-state index >= 15 is 0 Å². The monoisotopic (exact) mass is 247 g/mol. The van der Waals surface area contributed by atoms with E-state index in [2.05, 4.69) is 29.8 Å². The Kier molecular flexibility index (Phi) is 6.16. The first-order valence-corrected chi connectivity index (χ1v) is 6.38. The van der Waals surface area contributed by atoms with Crippen LogP contribution in [0.2, 0.25) is 0 Å². The van der Waals surface area contributed by atoms with Crippen LogP contribution in [0.1, 0.15) is 32.3 Å². The maximum atomic E-state index is 9.18. The van der Waals surface area contributed by atoms with Crippen molar-refractivity contribution in [3.63, 3.8) is 0 Å². The van der Waals surface area contributed by atoms with Crippen LogP contribution in [-0.4, -0.2) is 31.3 Å². The summed E-state index contributed by atoms with van der Waals surface area (Å²) in [4.78, 5) is 6.37. The molecule has 0 saturated heterocycles. The van der Waals surface area contributed by atoms with Gasteiger partial charge in [0.1, 0.15) is 6.07 Å². The molecule has 0 amide bonds. The topological polar surface area (TPSA) is 49.1 Å². The highest BCUT2D eigenvalue weighted by Crippen LogP contribution is 2.23. The maximum absolute atomic E-state index is 9.18. The molecule has 0 aliphatic rings. The molecule has 0 saturated carbocycles. The summed E-state index contributed by atoms with van der Waals surface area (Å²) in [5.41, 5.74) is 1.58. The van der Waals surface area contributed by atoms with E-state index in [9.17, 15) is 5.26 Å². The third kappa shape index (κ3) is 3.44. The molecule has 18 heavy (non-hydrogen) atoms. The summed E-state index contributed by atoms with van der Waals surface area (Å²) in [7, 11) is 1.69. The zero-order valence-electron chi connectivity index (χ0n) is 11.4. The van der Waals surface area contributed by atoms with Gasteiger partial charge in [-0.2, -0.15) is 5.26 Å². The molecule has 0 radical (unpaired) electrons. The average Bonchev–Trinajstić information content (AvgIpc) is 2.43. The van der Waals surface area contributed by atoms with E-state index in [1.807, 2.05) is 0 Å². The van der Waals surface area contributed by atoms with Gasteiger partial charge in [-0.15, -0.1) is 0 Å². The molecule has 0 aliphatic carbocycles. The van der Waals surface area contributed by atoms with Crippen molar-refractivity contribution in [2.45, 2.75) is 32.7 Å². The van der Waals surface area contributed by atoms with Crippen LogP contribution in [0, 0.1) is 11.3 Å². The van der Waals surface area contributed by atoms with Gasteiger partial charge in [0.25, 0.3) is 0 Å². The number of nitriles is 1. The quantitative estimate of drug-likeness (QED) is 0.743. The SMILES string of the molecule is CCC(CC)N(CCOC)c1cnccc1C#N. The number of hydrogen-bond acceptors (Lipinski definition) is 4. The normalized spacial score (nSPS) is 10.4. The number of aromatic nitrogens is 1. The van der Waals surface area contributed by atoms with Gasteiger partial charge in [-0.1, -0.05) is 13.8 Å². The summed E-state index contributed by atoms with van der Waals surface area (Å²) < 4.78 is 5.16. The molecule has 1 heterocycles. The van der Waals surface area contributed by atoms with Gasteiger partial charge in [0.15, 0.2) is 0 Å². The first-order chi connectivity index (χ1) is 8.78. The summed E-state index contributed by atoms with van der Waals surface area (Å²) in [6.07, 6.45) is 5.51. The van der Waals surface area contributed by atoms with E-state index in [0.717, 1.165) is 25.1 Å². The van der Waals surface area contributed by atoms with Crippen molar-refractivity contribution in [3.8, 4) is 6.07 Å². The second-order valence-electron chi connectivity index (χ2n) is 4.16. The minimum atomic E-state index is 0.413. The summed E-state index contributed by atoms with van der Waals surface area (Å²) in [5, 5.41) is 9.18. The van der Waals surface area contributed by atoms with E-state index in [4.69, 9.17) is 4.74 Å². The molecule has 1 aromatic rings.